The molecule has 0 aromatic heterocycles. The van der Waals surface area contributed by atoms with Gasteiger partial charge >= 0.3 is 0 Å². The number of benzene rings is 1. The molecule has 0 amide bonds. The van der Waals surface area contributed by atoms with E-state index in [1.165, 1.54) is 53.9 Å². The number of hydrogen-bond donors (Lipinski definition) is 0. The maximum Gasteiger partial charge on any atom is 0.124 e. The number of fused-ring (bicyclic) bond motifs is 4. The normalized spacial score (nSPS) is 29.6. The fourth-order valence-corrected chi connectivity index (χ4v) is 7.25. The molecule has 0 radical (unpaired) electrons. The standard InChI is InChI=1S/C35H37NO/c1-35-24-29(36(27-13-4-2-5-14-27)28-15-6-3-7-16-28)20-22-34(35)37-33-21-19-26(23-32(33)35)31-18-10-12-25-11-8-9-17-30(25)31/h2,4,6,10,12-13,15-16,18-23,32-33H,3,5,7-9,11,14,17,24H2,1H3. The summed E-state index contributed by atoms with van der Waals surface area (Å²) in [5.74, 6) is 1.48. The molecule has 1 saturated heterocycles. The zero-order valence-corrected chi connectivity index (χ0v) is 22.0. The van der Waals surface area contributed by atoms with E-state index in [0.29, 0.717) is 5.92 Å². The van der Waals surface area contributed by atoms with Gasteiger partial charge in [0.2, 0.25) is 0 Å². The molecular formula is C35H37NO. The number of hydrogen-bond acceptors (Lipinski definition) is 2. The van der Waals surface area contributed by atoms with Crippen molar-refractivity contribution in [3.8, 4) is 0 Å². The Labute approximate surface area is 221 Å². The number of allylic oxidation sites excluding steroid dienone is 13. The van der Waals surface area contributed by atoms with E-state index in [4.69, 9.17) is 4.74 Å². The van der Waals surface area contributed by atoms with Crippen molar-refractivity contribution >= 4 is 5.57 Å². The van der Waals surface area contributed by atoms with Crippen molar-refractivity contribution in [2.75, 3.05) is 0 Å². The van der Waals surface area contributed by atoms with Crippen LogP contribution in [0.2, 0.25) is 0 Å². The molecule has 5 aliphatic carbocycles. The van der Waals surface area contributed by atoms with Crippen LogP contribution in [0.1, 0.15) is 68.6 Å². The highest BCUT2D eigenvalue weighted by Crippen LogP contribution is 2.56. The van der Waals surface area contributed by atoms with Gasteiger partial charge in [0.25, 0.3) is 0 Å². The van der Waals surface area contributed by atoms with E-state index in [-0.39, 0.29) is 11.5 Å². The van der Waals surface area contributed by atoms with Gasteiger partial charge in [-0.05, 0) is 104 Å². The average molecular weight is 488 g/mol. The highest BCUT2D eigenvalue weighted by molar-refractivity contribution is 5.78. The smallest absolute Gasteiger partial charge is 0.124 e. The van der Waals surface area contributed by atoms with Crippen molar-refractivity contribution in [1.29, 1.82) is 0 Å². The lowest BCUT2D eigenvalue weighted by Gasteiger charge is -2.39. The van der Waals surface area contributed by atoms with E-state index >= 15 is 0 Å². The van der Waals surface area contributed by atoms with Gasteiger partial charge in [0.1, 0.15) is 11.9 Å². The fourth-order valence-electron chi connectivity index (χ4n) is 7.25. The second kappa shape index (κ2) is 9.24. The molecule has 7 rings (SSSR count). The van der Waals surface area contributed by atoms with Gasteiger partial charge in [-0.3, -0.25) is 0 Å². The molecule has 2 nitrogen and oxygen atoms in total. The van der Waals surface area contributed by atoms with Crippen LogP contribution in [0.4, 0.5) is 0 Å². The van der Waals surface area contributed by atoms with Crippen molar-refractivity contribution in [1.82, 2.24) is 4.90 Å². The zero-order chi connectivity index (χ0) is 24.8. The summed E-state index contributed by atoms with van der Waals surface area (Å²) < 4.78 is 6.60. The highest BCUT2D eigenvalue weighted by atomic mass is 16.5. The van der Waals surface area contributed by atoms with E-state index < -0.39 is 0 Å². The second-order valence-corrected chi connectivity index (χ2v) is 11.6. The summed E-state index contributed by atoms with van der Waals surface area (Å²) in [4.78, 5) is 2.54. The lowest BCUT2D eigenvalue weighted by molar-refractivity contribution is 0.184. The van der Waals surface area contributed by atoms with Crippen LogP contribution in [0.3, 0.4) is 0 Å². The molecule has 1 fully saturated rings. The van der Waals surface area contributed by atoms with Crippen molar-refractivity contribution in [3.05, 3.63) is 125 Å². The molecule has 3 unspecified atom stereocenters. The molecule has 1 aromatic carbocycles. The Bertz CT molecular complexity index is 1360. The zero-order valence-electron chi connectivity index (χ0n) is 22.0. The van der Waals surface area contributed by atoms with Gasteiger partial charge in [-0.2, -0.15) is 0 Å². The highest BCUT2D eigenvalue weighted by Gasteiger charge is 2.51. The maximum absolute atomic E-state index is 6.60. The molecule has 3 atom stereocenters. The third-order valence-electron chi connectivity index (χ3n) is 9.22. The van der Waals surface area contributed by atoms with Crippen LogP contribution in [-0.2, 0) is 17.6 Å². The summed E-state index contributed by atoms with van der Waals surface area (Å²) in [5.41, 5.74) is 10.0. The minimum atomic E-state index is -0.0537. The molecule has 37 heavy (non-hydrogen) atoms. The first-order chi connectivity index (χ1) is 18.2. The molecule has 0 N–H and O–H groups in total. The molecule has 1 heterocycles. The van der Waals surface area contributed by atoms with Crippen LogP contribution in [0.15, 0.2) is 108 Å². The molecule has 2 heteroatoms. The van der Waals surface area contributed by atoms with Gasteiger partial charge in [0, 0.05) is 34.8 Å². The summed E-state index contributed by atoms with van der Waals surface area (Å²) in [6, 6.07) is 6.94. The third-order valence-corrected chi connectivity index (χ3v) is 9.22. The van der Waals surface area contributed by atoms with E-state index in [2.05, 4.69) is 96.9 Å². The van der Waals surface area contributed by atoms with Crippen LogP contribution in [0.5, 0.6) is 0 Å². The maximum atomic E-state index is 6.60. The van der Waals surface area contributed by atoms with Crippen LogP contribution in [0.25, 0.3) is 5.57 Å². The number of aryl methyl sites for hydroxylation is 1. The summed E-state index contributed by atoms with van der Waals surface area (Å²) >= 11 is 0. The number of rotatable bonds is 4. The van der Waals surface area contributed by atoms with Gasteiger partial charge < -0.3 is 9.64 Å². The van der Waals surface area contributed by atoms with Crippen molar-refractivity contribution < 1.29 is 4.74 Å². The molecule has 1 aromatic rings. The molecule has 0 saturated carbocycles. The van der Waals surface area contributed by atoms with Crippen LogP contribution < -0.4 is 0 Å². The van der Waals surface area contributed by atoms with Crippen LogP contribution in [-0.4, -0.2) is 11.0 Å². The van der Waals surface area contributed by atoms with E-state index in [1.54, 1.807) is 11.1 Å². The Balaban J connectivity index is 1.24. The van der Waals surface area contributed by atoms with Gasteiger partial charge in [0.15, 0.2) is 0 Å². The lowest BCUT2D eigenvalue weighted by Crippen LogP contribution is -2.33. The van der Waals surface area contributed by atoms with E-state index in [9.17, 15) is 0 Å². The Morgan fingerprint density at radius 3 is 2.73 bits per heavy atom. The quantitative estimate of drug-likeness (QED) is 0.422. The first-order valence-electron chi connectivity index (χ1n) is 14.3. The van der Waals surface area contributed by atoms with Crippen molar-refractivity contribution in [2.45, 2.75) is 70.8 Å². The van der Waals surface area contributed by atoms with Gasteiger partial charge in [-0.15, -0.1) is 0 Å². The summed E-state index contributed by atoms with van der Waals surface area (Å²) in [6.45, 7) is 2.43. The van der Waals surface area contributed by atoms with Crippen molar-refractivity contribution in [2.24, 2.45) is 11.3 Å². The Hall–Kier alpha value is -3.26. The molecule has 0 bridgehead atoms. The predicted octanol–water partition coefficient (Wildman–Crippen LogP) is 8.48. The number of nitrogens with zero attached hydrogens (tertiary/aromatic N) is 1. The summed E-state index contributed by atoms with van der Waals surface area (Å²) in [7, 11) is 0. The average Bonchev–Trinajstić information content (AvgIpc) is 3.25. The van der Waals surface area contributed by atoms with Crippen LogP contribution >= 0.6 is 0 Å². The van der Waals surface area contributed by atoms with Crippen LogP contribution in [0, 0.1) is 11.3 Å². The lowest BCUT2D eigenvalue weighted by atomic mass is 9.68. The van der Waals surface area contributed by atoms with Gasteiger partial charge in [-0.25, -0.2) is 0 Å². The number of ether oxygens (including phenoxy) is 1. The summed E-state index contributed by atoms with van der Waals surface area (Å²) in [5, 5.41) is 0. The summed E-state index contributed by atoms with van der Waals surface area (Å²) in [6.07, 6.45) is 36.2. The first-order valence-corrected chi connectivity index (χ1v) is 14.3. The van der Waals surface area contributed by atoms with E-state index in [0.717, 1.165) is 37.9 Å². The van der Waals surface area contributed by atoms with Gasteiger partial charge in [0.05, 0.1) is 0 Å². The SMILES string of the molecule is CC12CC(N(C3=CCCC=C3)C3=CC=CCC3)=CC=C1OC1C=CC(c3cccc4c3CCCC4)=CC12. The third kappa shape index (κ3) is 3.93. The van der Waals surface area contributed by atoms with E-state index in [1.807, 2.05) is 0 Å². The fraction of sp³-hybridized carbons (Fsp3) is 0.371. The van der Waals surface area contributed by atoms with Crippen molar-refractivity contribution in [3.63, 3.8) is 0 Å². The topological polar surface area (TPSA) is 12.5 Å². The second-order valence-electron chi connectivity index (χ2n) is 11.6. The molecule has 188 valence electrons. The minimum absolute atomic E-state index is 0.0537. The largest absolute Gasteiger partial charge is 0.489 e. The minimum Gasteiger partial charge on any atom is -0.489 e. The Morgan fingerprint density at radius 2 is 1.86 bits per heavy atom. The predicted molar refractivity (Wildman–Crippen MR) is 152 cm³/mol. The Morgan fingerprint density at radius 1 is 0.919 bits per heavy atom. The monoisotopic (exact) mass is 487 g/mol. The molecule has 0 spiro atoms. The first kappa shape index (κ1) is 22.9. The molecular weight excluding hydrogens is 450 g/mol. The Kier molecular flexibility index (Phi) is 5.72. The van der Waals surface area contributed by atoms with Gasteiger partial charge in [-0.1, -0.05) is 61.6 Å². The molecule has 1 aliphatic heterocycles. The molecule has 6 aliphatic rings.